The molecule has 35 heavy (non-hydrogen) atoms. The van der Waals surface area contributed by atoms with E-state index in [9.17, 15) is 19.2 Å². The van der Waals surface area contributed by atoms with Gasteiger partial charge in [-0.25, -0.2) is 19.2 Å². The number of rotatable bonds is 21. The zero-order valence-corrected chi connectivity index (χ0v) is 21.0. The summed E-state index contributed by atoms with van der Waals surface area (Å²) < 4.78 is 19.3. The number of hydrogen-bond acceptors (Lipinski definition) is 8. The maximum absolute atomic E-state index is 10.7. The SMILES string of the molecule is C=CC(=O)OCCCCCCCCCOC(=O)C=C.C=CC(=O)OCCCCCCOC(=O)C=C. The van der Waals surface area contributed by atoms with Crippen LogP contribution in [0.2, 0.25) is 0 Å². The van der Waals surface area contributed by atoms with Gasteiger partial charge < -0.3 is 18.9 Å². The summed E-state index contributed by atoms with van der Waals surface area (Å²) in [5, 5.41) is 0. The number of hydrogen-bond donors (Lipinski definition) is 0. The highest BCUT2D eigenvalue weighted by Crippen LogP contribution is 2.07. The molecular weight excluding hydrogens is 452 g/mol. The molecule has 0 saturated carbocycles. The van der Waals surface area contributed by atoms with E-state index in [1.807, 2.05) is 0 Å². The van der Waals surface area contributed by atoms with Crippen LogP contribution in [-0.4, -0.2) is 50.3 Å². The molecule has 0 heterocycles. The van der Waals surface area contributed by atoms with Gasteiger partial charge in [-0.05, 0) is 38.5 Å². The van der Waals surface area contributed by atoms with Crippen LogP contribution < -0.4 is 0 Å². The fourth-order valence-electron chi connectivity index (χ4n) is 2.57. The van der Waals surface area contributed by atoms with Crippen LogP contribution in [0, 0.1) is 0 Å². The Morgan fingerprint density at radius 2 is 0.543 bits per heavy atom. The molecule has 0 bridgehead atoms. The second-order valence-electron chi connectivity index (χ2n) is 7.38. The standard InChI is InChI=1S/C15H24O4.C12H18O4/c1-3-14(16)18-12-10-8-6-5-7-9-11-13-19-15(17)4-2;1-3-11(13)15-9-7-5-6-8-10-16-12(14)4-2/h3-4H,1-2,5-13H2;3-4H,1-2,5-10H2. The lowest BCUT2D eigenvalue weighted by Gasteiger charge is -2.03. The molecule has 0 aliphatic heterocycles. The Hall–Kier alpha value is -3.16. The Morgan fingerprint density at radius 1 is 0.371 bits per heavy atom. The molecule has 0 aromatic carbocycles. The molecule has 0 rings (SSSR count). The van der Waals surface area contributed by atoms with E-state index in [0.29, 0.717) is 26.4 Å². The average molecular weight is 495 g/mol. The molecule has 0 radical (unpaired) electrons. The minimum absolute atomic E-state index is 0.353. The smallest absolute Gasteiger partial charge is 0.330 e. The topological polar surface area (TPSA) is 105 Å². The summed E-state index contributed by atoms with van der Waals surface area (Å²) in [4.78, 5) is 42.8. The van der Waals surface area contributed by atoms with Crippen LogP contribution in [0.5, 0.6) is 0 Å². The Kier molecular flexibility index (Phi) is 26.3. The molecule has 8 nitrogen and oxygen atoms in total. The molecule has 0 aliphatic rings. The maximum Gasteiger partial charge on any atom is 0.330 e. The van der Waals surface area contributed by atoms with Gasteiger partial charge in [-0.15, -0.1) is 0 Å². The van der Waals surface area contributed by atoms with E-state index in [1.165, 1.54) is 12.2 Å². The van der Waals surface area contributed by atoms with E-state index < -0.39 is 0 Å². The first-order chi connectivity index (χ1) is 16.9. The first-order valence-corrected chi connectivity index (χ1v) is 12.1. The fraction of sp³-hybridized carbons (Fsp3) is 0.556. The summed E-state index contributed by atoms with van der Waals surface area (Å²) >= 11 is 0. The Labute approximate surface area is 210 Å². The highest BCUT2D eigenvalue weighted by molar-refractivity contribution is 5.82. The van der Waals surface area contributed by atoms with Gasteiger partial charge in [-0.3, -0.25) is 0 Å². The third-order valence-electron chi connectivity index (χ3n) is 4.47. The van der Waals surface area contributed by atoms with Crippen molar-refractivity contribution in [1.29, 1.82) is 0 Å². The Balaban J connectivity index is 0. The Bertz CT molecular complexity index is 585. The van der Waals surface area contributed by atoms with Gasteiger partial charge in [0.2, 0.25) is 0 Å². The number of unbranched alkanes of at least 4 members (excludes halogenated alkanes) is 9. The van der Waals surface area contributed by atoms with Crippen molar-refractivity contribution in [2.45, 2.75) is 70.6 Å². The maximum atomic E-state index is 10.7. The highest BCUT2D eigenvalue weighted by Gasteiger charge is 1.98. The van der Waals surface area contributed by atoms with E-state index in [4.69, 9.17) is 18.9 Å². The van der Waals surface area contributed by atoms with Crippen LogP contribution >= 0.6 is 0 Å². The van der Waals surface area contributed by atoms with Crippen LogP contribution in [0.25, 0.3) is 0 Å². The monoisotopic (exact) mass is 494 g/mol. The predicted molar refractivity (Wildman–Crippen MR) is 135 cm³/mol. The van der Waals surface area contributed by atoms with Crippen LogP contribution in [0.3, 0.4) is 0 Å². The summed E-state index contributed by atoms with van der Waals surface area (Å²) in [5.41, 5.74) is 0. The van der Waals surface area contributed by atoms with Crippen molar-refractivity contribution >= 4 is 23.9 Å². The lowest BCUT2D eigenvalue weighted by Crippen LogP contribution is -2.03. The summed E-state index contributed by atoms with van der Waals surface area (Å²) in [6.07, 6.45) is 15.5. The number of ether oxygens (including phenoxy) is 4. The molecule has 0 spiro atoms. The van der Waals surface area contributed by atoms with Gasteiger partial charge in [-0.2, -0.15) is 0 Å². The van der Waals surface area contributed by atoms with E-state index in [-0.39, 0.29) is 23.9 Å². The Morgan fingerprint density at radius 3 is 0.714 bits per heavy atom. The first-order valence-electron chi connectivity index (χ1n) is 12.1. The average Bonchev–Trinajstić information content (AvgIpc) is 2.88. The fourth-order valence-corrected chi connectivity index (χ4v) is 2.57. The molecule has 0 fully saturated rings. The summed E-state index contributed by atoms with van der Waals surface area (Å²) in [5.74, 6) is -1.48. The van der Waals surface area contributed by atoms with Crippen molar-refractivity contribution in [2.75, 3.05) is 26.4 Å². The van der Waals surface area contributed by atoms with Gasteiger partial charge in [0.05, 0.1) is 26.4 Å². The molecule has 0 saturated heterocycles. The molecule has 0 aliphatic carbocycles. The van der Waals surface area contributed by atoms with Crippen molar-refractivity contribution in [3.8, 4) is 0 Å². The van der Waals surface area contributed by atoms with Gasteiger partial charge in [0.15, 0.2) is 0 Å². The minimum atomic E-state index is -0.389. The minimum Gasteiger partial charge on any atom is -0.463 e. The van der Waals surface area contributed by atoms with Crippen molar-refractivity contribution in [2.24, 2.45) is 0 Å². The largest absolute Gasteiger partial charge is 0.463 e. The molecule has 198 valence electrons. The summed E-state index contributed by atoms with van der Waals surface area (Å²) in [6.45, 7) is 15.0. The van der Waals surface area contributed by atoms with Crippen LogP contribution in [0.4, 0.5) is 0 Å². The van der Waals surface area contributed by atoms with Gasteiger partial charge in [0.25, 0.3) is 0 Å². The van der Waals surface area contributed by atoms with Crippen LogP contribution in [0.1, 0.15) is 70.6 Å². The van der Waals surface area contributed by atoms with Crippen molar-refractivity contribution in [3.05, 3.63) is 50.6 Å². The van der Waals surface area contributed by atoms with Gasteiger partial charge in [0, 0.05) is 24.3 Å². The molecule has 0 amide bonds. The van der Waals surface area contributed by atoms with Crippen molar-refractivity contribution in [1.82, 2.24) is 0 Å². The predicted octanol–water partition coefficient (Wildman–Crippen LogP) is 5.18. The molecule has 0 unspecified atom stereocenters. The first kappa shape index (κ1) is 34.0. The third-order valence-corrected chi connectivity index (χ3v) is 4.47. The van der Waals surface area contributed by atoms with E-state index >= 15 is 0 Å². The van der Waals surface area contributed by atoms with Gasteiger partial charge >= 0.3 is 23.9 Å². The molecule has 0 atom stereocenters. The molecule has 8 heteroatoms. The van der Waals surface area contributed by atoms with Crippen LogP contribution in [0.15, 0.2) is 50.6 Å². The summed E-state index contributed by atoms with van der Waals surface area (Å²) in [6, 6.07) is 0. The molecule has 0 aromatic heterocycles. The molecule has 0 N–H and O–H groups in total. The van der Waals surface area contributed by atoms with Crippen molar-refractivity contribution in [3.63, 3.8) is 0 Å². The zero-order chi connectivity index (χ0) is 26.6. The van der Waals surface area contributed by atoms with E-state index in [0.717, 1.165) is 82.8 Å². The van der Waals surface area contributed by atoms with E-state index in [2.05, 4.69) is 26.3 Å². The van der Waals surface area contributed by atoms with Gasteiger partial charge in [0.1, 0.15) is 0 Å². The lowest BCUT2D eigenvalue weighted by atomic mass is 10.1. The third kappa shape index (κ3) is 28.8. The quantitative estimate of drug-likeness (QED) is 0.0930. The van der Waals surface area contributed by atoms with E-state index in [1.54, 1.807) is 0 Å². The number of carbonyl (C=O) groups is 4. The zero-order valence-electron chi connectivity index (χ0n) is 21.0. The van der Waals surface area contributed by atoms with Crippen LogP contribution in [-0.2, 0) is 38.1 Å². The van der Waals surface area contributed by atoms with Gasteiger partial charge in [-0.1, -0.05) is 58.4 Å². The molecular formula is C27H42O8. The second-order valence-corrected chi connectivity index (χ2v) is 7.38. The highest BCUT2D eigenvalue weighted by atomic mass is 16.5. The number of esters is 4. The molecule has 0 aromatic rings. The van der Waals surface area contributed by atoms with Crippen molar-refractivity contribution < 1.29 is 38.1 Å². The summed E-state index contributed by atoms with van der Waals surface area (Å²) in [7, 11) is 0. The normalized spacial score (nSPS) is 9.49. The second kappa shape index (κ2) is 27.1. The lowest BCUT2D eigenvalue weighted by molar-refractivity contribution is -0.139. The number of carbonyl (C=O) groups excluding carboxylic acids is 4.